The fraction of sp³-hybridized carbons (Fsp3) is 0.538. The van der Waals surface area contributed by atoms with Gasteiger partial charge in [0.2, 0.25) is 11.9 Å². The number of benzene rings is 1. The molecule has 192 valence electrons. The number of hydrogen-bond acceptors (Lipinski definition) is 7. The van der Waals surface area contributed by atoms with E-state index in [2.05, 4.69) is 20.6 Å². The first-order chi connectivity index (χ1) is 17.4. The molecule has 2 fully saturated rings. The van der Waals surface area contributed by atoms with Gasteiger partial charge in [-0.3, -0.25) is 9.59 Å². The number of carbonyl (C=O) groups excluding carboxylic acids is 2. The van der Waals surface area contributed by atoms with Crippen molar-refractivity contribution in [3.63, 3.8) is 0 Å². The molecule has 2 unspecified atom stereocenters. The van der Waals surface area contributed by atoms with Crippen LogP contribution < -0.4 is 10.6 Å². The molecule has 36 heavy (non-hydrogen) atoms. The SMILES string of the molecule is CC1CC(NC(=O)CN2Cc3ccc(-c4nc(NC5CCOCC5)ncc4Cl)cc3C2=O)CC(C)O1. The summed E-state index contributed by atoms with van der Waals surface area (Å²) in [6.07, 6.45) is 5.13. The van der Waals surface area contributed by atoms with Crippen molar-refractivity contribution in [1.29, 1.82) is 0 Å². The summed E-state index contributed by atoms with van der Waals surface area (Å²) in [5, 5.41) is 6.85. The molecule has 0 radical (unpaired) electrons. The third kappa shape index (κ3) is 5.63. The number of ether oxygens (including phenoxy) is 2. The first-order valence-electron chi connectivity index (χ1n) is 12.6. The molecular formula is C26H32ClN5O4. The van der Waals surface area contributed by atoms with E-state index in [9.17, 15) is 9.59 Å². The van der Waals surface area contributed by atoms with Gasteiger partial charge in [0.1, 0.15) is 6.54 Å². The highest BCUT2D eigenvalue weighted by molar-refractivity contribution is 6.33. The van der Waals surface area contributed by atoms with Crippen molar-refractivity contribution in [2.75, 3.05) is 25.1 Å². The van der Waals surface area contributed by atoms with Gasteiger partial charge < -0.3 is 25.0 Å². The molecule has 2 aromatic rings. The van der Waals surface area contributed by atoms with Crippen molar-refractivity contribution < 1.29 is 19.1 Å². The van der Waals surface area contributed by atoms with Crippen LogP contribution in [-0.2, 0) is 20.8 Å². The standard InChI is InChI=1S/C26H32ClN5O4/c1-15-9-20(10-16(2)36-15)29-23(33)14-32-13-18-4-3-17(11-21(18)25(32)34)24-22(27)12-28-26(31-24)30-19-5-7-35-8-6-19/h3-4,11-12,15-16,19-20H,5-10,13-14H2,1-2H3,(H,29,33)(H,28,30,31). The van der Waals surface area contributed by atoms with E-state index in [0.29, 0.717) is 42.0 Å². The van der Waals surface area contributed by atoms with Crippen molar-refractivity contribution in [2.45, 2.75) is 70.4 Å². The number of nitrogens with one attached hydrogen (secondary N) is 2. The van der Waals surface area contributed by atoms with Gasteiger partial charge in [-0.15, -0.1) is 0 Å². The van der Waals surface area contributed by atoms with E-state index >= 15 is 0 Å². The fourth-order valence-corrected chi connectivity index (χ4v) is 5.47. The molecule has 1 aromatic heterocycles. The molecule has 2 atom stereocenters. The minimum absolute atomic E-state index is 0.0242. The molecule has 2 N–H and O–H groups in total. The van der Waals surface area contributed by atoms with Crippen molar-refractivity contribution in [3.8, 4) is 11.3 Å². The Morgan fingerprint density at radius 3 is 2.67 bits per heavy atom. The Bertz CT molecular complexity index is 1130. The van der Waals surface area contributed by atoms with E-state index in [-0.39, 0.29) is 42.7 Å². The van der Waals surface area contributed by atoms with Gasteiger partial charge in [0.15, 0.2) is 0 Å². The zero-order valence-corrected chi connectivity index (χ0v) is 21.4. The normalized spacial score (nSPS) is 24.5. The van der Waals surface area contributed by atoms with E-state index in [0.717, 1.165) is 36.8 Å². The van der Waals surface area contributed by atoms with Crippen molar-refractivity contribution in [2.24, 2.45) is 0 Å². The second-order valence-corrected chi connectivity index (χ2v) is 10.4. The van der Waals surface area contributed by atoms with Gasteiger partial charge in [-0.25, -0.2) is 9.97 Å². The lowest BCUT2D eigenvalue weighted by molar-refractivity contribution is -0.124. The lowest BCUT2D eigenvalue weighted by atomic mass is 10.00. The Morgan fingerprint density at radius 1 is 1.17 bits per heavy atom. The molecule has 2 saturated heterocycles. The lowest BCUT2D eigenvalue weighted by Gasteiger charge is -2.32. The highest BCUT2D eigenvalue weighted by Crippen LogP contribution is 2.31. The van der Waals surface area contributed by atoms with Crippen molar-refractivity contribution in [3.05, 3.63) is 40.5 Å². The monoisotopic (exact) mass is 513 g/mol. The Kier molecular flexibility index (Phi) is 7.41. The van der Waals surface area contributed by atoms with Gasteiger partial charge >= 0.3 is 0 Å². The van der Waals surface area contributed by atoms with E-state index in [4.69, 9.17) is 21.1 Å². The van der Waals surface area contributed by atoms with E-state index < -0.39 is 0 Å². The van der Waals surface area contributed by atoms with Crippen LogP contribution in [0.5, 0.6) is 0 Å². The summed E-state index contributed by atoms with van der Waals surface area (Å²) >= 11 is 6.44. The number of nitrogens with zero attached hydrogens (tertiary/aromatic N) is 3. The maximum atomic E-state index is 13.2. The molecule has 9 nitrogen and oxygen atoms in total. The number of rotatable bonds is 6. The molecule has 0 aliphatic carbocycles. The number of fused-ring (bicyclic) bond motifs is 1. The Hall–Kier alpha value is -2.75. The van der Waals surface area contributed by atoms with Gasteiger partial charge in [0.05, 0.1) is 29.1 Å². The van der Waals surface area contributed by atoms with Crippen LogP contribution in [0.15, 0.2) is 24.4 Å². The number of aromatic nitrogens is 2. The smallest absolute Gasteiger partial charge is 0.254 e. The van der Waals surface area contributed by atoms with Crippen LogP contribution in [0.4, 0.5) is 5.95 Å². The predicted octanol–water partition coefficient (Wildman–Crippen LogP) is 3.42. The first-order valence-corrected chi connectivity index (χ1v) is 13.0. The molecule has 0 spiro atoms. The molecular weight excluding hydrogens is 482 g/mol. The van der Waals surface area contributed by atoms with Crippen LogP contribution in [0.25, 0.3) is 11.3 Å². The van der Waals surface area contributed by atoms with Crippen LogP contribution >= 0.6 is 11.6 Å². The zero-order valence-electron chi connectivity index (χ0n) is 20.6. The zero-order chi connectivity index (χ0) is 25.2. The summed E-state index contributed by atoms with van der Waals surface area (Å²) in [7, 11) is 0. The Labute approximate surface area is 215 Å². The quantitative estimate of drug-likeness (QED) is 0.609. The summed E-state index contributed by atoms with van der Waals surface area (Å²) in [6, 6.07) is 5.94. The first kappa shape index (κ1) is 24.9. The maximum absolute atomic E-state index is 13.2. The van der Waals surface area contributed by atoms with Gasteiger partial charge in [-0.05, 0) is 51.2 Å². The summed E-state index contributed by atoms with van der Waals surface area (Å²) in [6.45, 7) is 5.88. The molecule has 0 bridgehead atoms. The highest BCUT2D eigenvalue weighted by Gasteiger charge is 2.31. The Balaban J connectivity index is 1.26. The van der Waals surface area contributed by atoms with Crippen LogP contribution in [0.3, 0.4) is 0 Å². The largest absolute Gasteiger partial charge is 0.381 e. The lowest BCUT2D eigenvalue weighted by Crippen LogP contribution is -2.47. The summed E-state index contributed by atoms with van der Waals surface area (Å²) in [5.41, 5.74) is 2.76. The van der Waals surface area contributed by atoms with Gasteiger partial charge in [0, 0.05) is 43.0 Å². The highest BCUT2D eigenvalue weighted by atomic mass is 35.5. The summed E-state index contributed by atoms with van der Waals surface area (Å²) in [5.74, 6) is 0.190. The number of amides is 2. The number of carbonyl (C=O) groups is 2. The van der Waals surface area contributed by atoms with Crippen LogP contribution in [0.2, 0.25) is 5.02 Å². The minimum Gasteiger partial charge on any atom is -0.381 e. The average Bonchev–Trinajstić information content (AvgIpc) is 3.14. The van der Waals surface area contributed by atoms with Gasteiger partial charge in [0.25, 0.3) is 5.91 Å². The fourth-order valence-electron chi connectivity index (χ4n) is 5.27. The molecule has 4 heterocycles. The third-order valence-electron chi connectivity index (χ3n) is 6.96. The molecule has 3 aliphatic heterocycles. The molecule has 10 heteroatoms. The summed E-state index contributed by atoms with van der Waals surface area (Å²) in [4.78, 5) is 36.4. The van der Waals surface area contributed by atoms with E-state index in [1.165, 1.54) is 0 Å². The van der Waals surface area contributed by atoms with Crippen LogP contribution in [0.1, 0.15) is 55.5 Å². The predicted molar refractivity (Wildman–Crippen MR) is 136 cm³/mol. The molecule has 0 saturated carbocycles. The number of halogens is 1. The molecule has 1 aromatic carbocycles. The van der Waals surface area contributed by atoms with Crippen LogP contribution in [0, 0.1) is 0 Å². The second kappa shape index (κ2) is 10.7. The Morgan fingerprint density at radius 2 is 1.92 bits per heavy atom. The number of anilines is 1. The minimum atomic E-state index is -0.165. The molecule has 2 amide bonds. The molecule has 5 rings (SSSR count). The van der Waals surface area contributed by atoms with Gasteiger partial charge in [-0.1, -0.05) is 23.7 Å². The summed E-state index contributed by atoms with van der Waals surface area (Å²) < 4.78 is 11.2. The topological polar surface area (TPSA) is 106 Å². The molecule has 3 aliphatic rings. The van der Waals surface area contributed by atoms with E-state index in [1.807, 2.05) is 32.0 Å². The average molecular weight is 514 g/mol. The van der Waals surface area contributed by atoms with Crippen molar-refractivity contribution >= 4 is 29.4 Å². The number of hydrogen-bond donors (Lipinski definition) is 2. The van der Waals surface area contributed by atoms with E-state index in [1.54, 1.807) is 11.1 Å². The van der Waals surface area contributed by atoms with Gasteiger partial charge in [-0.2, -0.15) is 0 Å². The second-order valence-electron chi connectivity index (χ2n) is 9.95. The van der Waals surface area contributed by atoms with Crippen molar-refractivity contribution in [1.82, 2.24) is 20.2 Å². The maximum Gasteiger partial charge on any atom is 0.254 e. The third-order valence-corrected chi connectivity index (χ3v) is 7.23. The van der Waals surface area contributed by atoms with Crippen LogP contribution in [-0.4, -0.2) is 70.7 Å².